The Balaban J connectivity index is 0.00000132. The second kappa shape index (κ2) is 9.15. The first-order chi connectivity index (χ1) is 14.9. The van der Waals surface area contributed by atoms with Crippen LogP contribution in [0.15, 0.2) is 28.7 Å². The zero-order valence-electron chi connectivity index (χ0n) is 18.1. The van der Waals surface area contributed by atoms with E-state index in [9.17, 15) is 9.59 Å². The van der Waals surface area contributed by atoms with Crippen molar-refractivity contribution >= 4 is 39.2 Å². The summed E-state index contributed by atoms with van der Waals surface area (Å²) < 4.78 is 5.81. The molecule has 0 aromatic heterocycles. The van der Waals surface area contributed by atoms with Gasteiger partial charge in [0.25, 0.3) is 0 Å². The van der Waals surface area contributed by atoms with Crippen LogP contribution in [0.4, 0.5) is 11.4 Å². The second-order valence-electron chi connectivity index (χ2n) is 8.03. The highest BCUT2D eigenvalue weighted by Gasteiger charge is 2.45. The minimum absolute atomic E-state index is 0.0182. The van der Waals surface area contributed by atoms with Crippen LogP contribution in [0.2, 0.25) is 0 Å². The lowest BCUT2D eigenvalue weighted by molar-refractivity contribution is -0.139. The Morgan fingerprint density at radius 1 is 1.13 bits per heavy atom. The molecule has 2 aromatic carbocycles. The van der Waals surface area contributed by atoms with Crippen molar-refractivity contribution in [2.75, 3.05) is 17.7 Å². The molecular formula is C25H27BrN2O3. The molecule has 4 rings (SSSR count). The fourth-order valence-electron chi connectivity index (χ4n) is 4.49. The molecule has 1 aliphatic carbocycles. The molecule has 1 aliphatic heterocycles. The molecule has 1 heterocycles. The van der Waals surface area contributed by atoms with Crippen molar-refractivity contribution < 1.29 is 14.3 Å². The Labute approximate surface area is 192 Å². The van der Waals surface area contributed by atoms with Crippen LogP contribution in [-0.4, -0.2) is 24.5 Å². The van der Waals surface area contributed by atoms with Gasteiger partial charge in [-0.25, -0.2) is 0 Å². The van der Waals surface area contributed by atoms with E-state index in [4.69, 9.17) is 4.74 Å². The van der Waals surface area contributed by atoms with Gasteiger partial charge in [0.2, 0.25) is 5.91 Å². The molecule has 162 valence electrons. The minimum Gasteiger partial charge on any atom is -0.469 e. The molecule has 2 aromatic rings. The van der Waals surface area contributed by atoms with Crippen LogP contribution in [0.5, 0.6) is 0 Å². The highest BCUT2D eigenvalue weighted by Crippen LogP contribution is 2.50. The molecule has 2 N–H and O–H groups in total. The van der Waals surface area contributed by atoms with Gasteiger partial charge in [-0.1, -0.05) is 42.7 Å². The van der Waals surface area contributed by atoms with Crippen molar-refractivity contribution in [3.05, 3.63) is 45.4 Å². The first-order valence-corrected chi connectivity index (χ1v) is 11.1. The summed E-state index contributed by atoms with van der Waals surface area (Å²) >= 11 is 3.80. The number of carbonyl (C=O) groups excluding carboxylic acids is 2. The smallest absolute Gasteiger partial charge is 0.310 e. The van der Waals surface area contributed by atoms with E-state index in [1.165, 1.54) is 12.7 Å². The molecule has 0 saturated heterocycles. The van der Waals surface area contributed by atoms with E-state index in [0.717, 1.165) is 63.8 Å². The number of nitrogens with one attached hydrogen (secondary N) is 2. The molecule has 0 bridgehead atoms. The number of terminal acetylenes is 1. The number of carbonyl (C=O) groups is 2. The number of rotatable bonds is 3. The van der Waals surface area contributed by atoms with E-state index in [1.54, 1.807) is 0 Å². The van der Waals surface area contributed by atoms with Crippen LogP contribution in [0.1, 0.15) is 42.4 Å². The Bertz CT molecular complexity index is 1040. The first kappa shape index (κ1) is 22.9. The zero-order chi connectivity index (χ0) is 22.8. The molecule has 6 heteroatoms. The standard InChI is InChI=1S/C23H25BrN2O3.C2H2/c1-13-6-8-15(9-7-13)18-16(12-17(27)29-3)14(2)20-21(19(18)24)26-23(22(28)25-20)10-4-5-11-23;1-2/h6-9,26H,4-5,10-12H2,1-3H3,(H,25,28);1-2H. The topological polar surface area (TPSA) is 67.4 Å². The fourth-order valence-corrected chi connectivity index (χ4v) is 5.25. The Kier molecular flexibility index (Phi) is 6.76. The number of methoxy groups -OCH3 is 1. The quantitative estimate of drug-likeness (QED) is 0.455. The van der Waals surface area contributed by atoms with Crippen LogP contribution < -0.4 is 10.6 Å². The third-order valence-corrected chi connectivity index (χ3v) is 7.00. The number of hydrogen-bond acceptors (Lipinski definition) is 4. The van der Waals surface area contributed by atoms with E-state index in [2.05, 4.69) is 63.7 Å². The normalized spacial score (nSPS) is 15.9. The second-order valence-corrected chi connectivity index (χ2v) is 8.82. The van der Waals surface area contributed by atoms with Crippen molar-refractivity contribution in [1.82, 2.24) is 0 Å². The van der Waals surface area contributed by atoms with Crippen LogP contribution in [0, 0.1) is 26.7 Å². The van der Waals surface area contributed by atoms with E-state index < -0.39 is 5.54 Å². The predicted molar refractivity (Wildman–Crippen MR) is 128 cm³/mol. The van der Waals surface area contributed by atoms with Crippen molar-refractivity contribution in [2.24, 2.45) is 0 Å². The van der Waals surface area contributed by atoms with Crippen LogP contribution >= 0.6 is 15.9 Å². The molecule has 1 fully saturated rings. The van der Waals surface area contributed by atoms with E-state index in [1.807, 2.05) is 13.8 Å². The maximum atomic E-state index is 12.9. The van der Waals surface area contributed by atoms with E-state index >= 15 is 0 Å². The largest absolute Gasteiger partial charge is 0.469 e. The van der Waals surface area contributed by atoms with Gasteiger partial charge in [-0.05, 0) is 59.3 Å². The Morgan fingerprint density at radius 2 is 1.74 bits per heavy atom. The summed E-state index contributed by atoms with van der Waals surface area (Å²) in [5.41, 5.74) is 5.99. The Hall–Kier alpha value is -2.78. The fraction of sp³-hybridized carbons (Fsp3) is 0.360. The number of ether oxygens (including phenoxy) is 1. The molecule has 0 radical (unpaired) electrons. The average molecular weight is 483 g/mol. The van der Waals surface area contributed by atoms with Gasteiger partial charge in [0.1, 0.15) is 5.54 Å². The van der Waals surface area contributed by atoms with E-state index in [-0.39, 0.29) is 18.3 Å². The van der Waals surface area contributed by atoms with Gasteiger partial charge in [0.05, 0.1) is 29.4 Å². The molecule has 5 nitrogen and oxygen atoms in total. The number of anilines is 2. The summed E-state index contributed by atoms with van der Waals surface area (Å²) in [5, 5.41) is 6.71. The third-order valence-electron chi connectivity index (χ3n) is 6.20. The molecular weight excluding hydrogens is 456 g/mol. The van der Waals surface area contributed by atoms with Crippen molar-refractivity contribution in [3.8, 4) is 24.0 Å². The molecule has 1 spiro atoms. The summed E-state index contributed by atoms with van der Waals surface area (Å²) in [6.07, 6.45) is 11.9. The average Bonchev–Trinajstić information content (AvgIpc) is 3.25. The van der Waals surface area contributed by atoms with Gasteiger partial charge in [-0.15, -0.1) is 12.8 Å². The number of halogens is 1. The minimum atomic E-state index is -0.545. The molecule has 0 atom stereocenters. The monoisotopic (exact) mass is 482 g/mol. The summed E-state index contributed by atoms with van der Waals surface area (Å²) in [6, 6.07) is 8.25. The number of aryl methyl sites for hydroxylation is 1. The molecule has 1 amide bonds. The zero-order valence-corrected chi connectivity index (χ0v) is 19.7. The van der Waals surface area contributed by atoms with Crippen LogP contribution in [0.3, 0.4) is 0 Å². The van der Waals surface area contributed by atoms with Crippen molar-refractivity contribution in [3.63, 3.8) is 0 Å². The summed E-state index contributed by atoms with van der Waals surface area (Å²) in [4.78, 5) is 25.1. The highest BCUT2D eigenvalue weighted by molar-refractivity contribution is 9.10. The first-order valence-electron chi connectivity index (χ1n) is 10.3. The third kappa shape index (κ3) is 4.07. The molecule has 1 saturated carbocycles. The Morgan fingerprint density at radius 3 is 2.32 bits per heavy atom. The van der Waals surface area contributed by atoms with Gasteiger partial charge < -0.3 is 15.4 Å². The number of benzene rings is 2. The maximum absolute atomic E-state index is 12.9. The van der Waals surface area contributed by atoms with Crippen LogP contribution in [-0.2, 0) is 20.7 Å². The van der Waals surface area contributed by atoms with Gasteiger partial charge in [-0.3, -0.25) is 9.59 Å². The van der Waals surface area contributed by atoms with Crippen molar-refractivity contribution in [1.29, 1.82) is 0 Å². The lowest BCUT2D eigenvalue weighted by Crippen LogP contribution is -2.50. The maximum Gasteiger partial charge on any atom is 0.310 e. The number of fused-ring (bicyclic) bond motifs is 1. The number of hydrogen-bond donors (Lipinski definition) is 2. The SMILES string of the molecule is C#C.COC(=O)Cc1c(C)c2c(c(Br)c1-c1ccc(C)cc1)NC1(CCCC1)C(=O)N2. The van der Waals surface area contributed by atoms with Gasteiger partial charge in [0.15, 0.2) is 0 Å². The van der Waals surface area contributed by atoms with E-state index in [0.29, 0.717) is 0 Å². The molecule has 2 aliphatic rings. The number of esters is 1. The highest BCUT2D eigenvalue weighted by atomic mass is 79.9. The van der Waals surface area contributed by atoms with Crippen molar-refractivity contribution in [2.45, 2.75) is 51.5 Å². The van der Waals surface area contributed by atoms with Gasteiger partial charge in [-0.2, -0.15) is 0 Å². The summed E-state index contributed by atoms with van der Waals surface area (Å²) in [6.45, 7) is 4.00. The predicted octanol–water partition coefficient (Wildman–Crippen LogP) is 5.37. The molecule has 31 heavy (non-hydrogen) atoms. The summed E-state index contributed by atoms with van der Waals surface area (Å²) in [7, 11) is 1.39. The summed E-state index contributed by atoms with van der Waals surface area (Å²) in [5.74, 6) is -0.291. The lowest BCUT2D eigenvalue weighted by atomic mass is 9.87. The lowest BCUT2D eigenvalue weighted by Gasteiger charge is -2.38. The number of amides is 1. The van der Waals surface area contributed by atoms with Gasteiger partial charge >= 0.3 is 5.97 Å². The molecule has 0 unspecified atom stereocenters. The van der Waals surface area contributed by atoms with Gasteiger partial charge in [0, 0.05) is 5.56 Å². The van der Waals surface area contributed by atoms with Crippen LogP contribution in [0.25, 0.3) is 11.1 Å².